The van der Waals surface area contributed by atoms with Crippen molar-refractivity contribution in [2.75, 3.05) is 5.32 Å². The number of aryl methyl sites for hydroxylation is 1. The first kappa shape index (κ1) is 12.8. The number of pyridine rings is 1. The van der Waals surface area contributed by atoms with Crippen LogP contribution in [0.5, 0.6) is 0 Å². The Morgan fingerprint density at radius 2 is 2.11 bits per heavy atom. The molecule has 19 heavy (non-hydrogen) atoms. The SMILES string of the molecule is CCc1ccc(C(=O)Nc2ccc(C(=O)O)nc2)o1. The van der Waals surface area contributed by atoms with Crippen molar-refractivity contribution in [1.82, 2.24) is 4.98 Å². The Hall–Kier alpha value is -2.63. The number of rotatable bonds is 4. The number of furan rings is 1. The smallest absolute Gasteiger partial charge is 0.354 e. The zero-order chi connectivity index (χ0) is 13.8. The van der Waals surface area contributed by atoms with Crippen LogP contribution >= 0.6 is 0 Å². The zero-order valence-corrected chi connectivity index (χ0v) is 10.2. The van der Waals surface area contributed by atoms with Crippen molar-refractivity contribution in [2.45, 2.75) is 13.3 Å². The molecule has 98 valence electrons. The number of nitrogens with one attached hydrogen (secondary N) is 1. The Morgan fingerprint density at radius 3 is 2.63 bits per heavy atom. The van der Waals surface area contributed by atoms with Crippen LogP contribution in [-0.2, 0) is 6.42 Å². The number of nitrogens with zero attached hydrogens (tertiary/aromatic N) is 1. The summed E-state index contributed by atoms with van der Waals surface area (Å²) in [5, 5.41) is 11.3. The van der Waals surface area contributed by atoms with E-state index >= 15 is 0 Å². The lowest BCUT2D eigenvalue weighted by Gasteiger charge is -2.02. The molecule has 1 amide bonds. The number of aromatic carboxylic acids is 1. The molecule has 0 bridgehead atoms. The molecule has 2 heterocycles. The van der Waals surface area contributed by atoms with Crippen LogP contribution in [0.25, 0.3) is 0 Å². The number of anilines is 1. The van der Waals surface area contributed by atoms with Gasteiger partial charge in [0.1, 0.15) is 11.5 Å². The van der Waals surface area contributed by atoms with Gasteiger partial charge in [0.25, 0.3) is 5.91 Å². The second-order valence-electron chi connectivity index (χ2n) is 3.81. The highest BCUT2D eigenvalue weighted by molar-refractivity contribution is 6.02. The van der Waals surface area contributed by atoms with Crippen molar-refractivity contribution >= 4 is 17.6 Å². The molecule has 6 heteroatoms. The summed E-state index contributed by atoms with van der Waals surface area (Å²) in [4.78, 5) is 26.1. The van der Waals surface area contributed by atoms with Gasteiger partial charge in [-0.1, -0.05) is 6.92 Å². The lowest BCUT2D eigenvalue weighted by Crippen LogP contribution is -2.11. The molecular weight excluding hydrogens is 248 g/mol. The quantitative estimate of drug-likeness (QED) is 0.879. The van der Waals surface area contributed by atoms with Gasteiger partial charge in [0.15, 0.2) is 5.76 Å². The topological polar surface area (TPSA) is 92.4 Å². The third-order valence-corrected chi connectivity index (χ3v) is 2.47. The summed E-state index contributed by atoms with van der Waals surface area (Å²) in [6.45, 7) is 1.93. The Morgan fingerprint density at radius 1 is 1.32 bits per heavy atom. The molecular formula is C13H12N2O4. The van der Waals surface area contributed by atoms with Gasteiger partial charge >= 0.3 is 5.97 Å². The molecule has 0 fully saturated rings. The summed E-state index contributed by atoms with van der Waals surface area (Å²) >= 11 is 0. The maximum absolute atomic E-state index is 11.8. The van der Waals surface area contributed by atoms with E-state index < -0.39 is 11.9 Å². The Kier molecular flexibility index (Phi) is 3.61. The first-order chi connectivity index (χ1) is 9.10. The van der Waals surface area contributed by atoms with Gasteiger partial charge in [-0.15, -0.1) is 0 Å². The fourth-order valence-electron chi connectivity index (χ4n) is 1.48. The predicted molar refractivity (Wildman–Crippen MR) is 67.2 cm³/mol. The number of carboxylic acids is 1. The summed E-state index contributed by atoms with van der Waals surface area (Å²) < 4.78 is 5.30. The molecule has 0 unspecified atom stereocenters. The third kappa shape index (κ3) is 2.98. The fourth-order valence-corrected chi connectivity index (χ4v) is 1.48. The van der Waals surface area contributed by atoms with Crippen molar-refractivity contribution in [1.29, 1.82) is 0 Å². The fraction of sp³-hybridized carbons (Fsp3) is 0.154. The van der Waals surface area contributed by atoms with Crippen LogP contribution in [0.3, 0.4) is 0 Å². The van der Waals surface area contributed by atoms with Crippen LogP contribution in [0.15, 0.2) is 34.9 Å². The molecule has 0 atom stereocenters. The van der Waals surface area contributed by atoms with Crippen LogP contribution in [0.2, 0.25) is 0 Å². The van der Waals surface area contributed by atoms with Gasteiger partial charge in [0.05, 0.1) is 11.9 Å². The van der Waals surface area contributed by atoms with Crippen LogP contribution in [0.1, 0.15) is 33.7 Å². The van der Waals surface area contributed by atoms with E-state index in [2.05, 4.69) is 10.3 Å². The van der Waals surface area contributed by atoms with Crippen LogP contribution in [-0.4, -0.2) is 22.0 Å². The zero-order valence-electron chi connectivity index (χ0n) is 10.2. The molecule has 0 aliphatic heterocycles. The average Bonchev–Trinajstić information content (AvgIpc) is 2.88. The number of carbonyl (C=O) groups excluding carboxylic acids is 1. The van der Waals surface area contributed by atoms with E-state index in [0.29, 0.717) is 12.1 Å². The largest absolute Gasteiger partial charge is 0.477 e. The molecule has 0 spiro atoms. The standard InChI is InChI=1S/C13H12N2O4/c1-2-9-4-6-11(19-9)12(16)15-8-3-5-10(13(17)18)14-7-8/h3-7H,2H2,1H3,(H,15,16)(H,17,18). The molecule has 2 aromatic heterocycles. The second kappa shape index (κ2) is 5.34. The minimum Gasteiger partial charge on any atom is -0.477 e. The molecule has 0 radical (unpaired) electrons. The lowest BCUT2D eigenvalue weighted by atomic mass is 10.3. The number of carbonyl (C=O) groups is 2. The highest BCUT2D eigenvalue weighted by Crippen LogP contribution is 2.12. The van der Waals surface area contributed by atoms with Gasteiger partial charge < -0.3 is 14.8 Å². The highest BCUT2D eigenvalue weighted by atomic mass is 16.4. The van der Waals surface area contributed by atoms with Crippen LogP contribution in [0.4, 0.5) is 5.69 Å². The maximum Gasteiger partial charge on any atom is 0.354 e. The second-order valence-corrected chi connectivity index (χ2v) is 3.81. The molecule has 0 aliphatic carbocycles. The molecule has 0 saturated heterocycles. The lowest BCUT2D eigenvalue weighted by molar-refractivity contribution is 0.0690. The summed E-state index contributed by atoms with van der Waals surface area (Å²) in [6.07, 6.45) is 1.99. The minimum atomic E-state index is -1.11. The molecule has 2 N–H and O–H groups in total. The molecule has 6 nitrogen and oxygen atoms in total. The first-order valence-electron chi connectivity index (χ1n) is 5.69. The van der Waals surface area contributed by atoms with Gasteiger partial charge in [-0.25, -0.2) is 9.78 Å². The molecule has 2 aromatic rings. The van der Waals surface area contributed by atoms with Crippen LogP contribution in [0, 0.1) is 0 Å². The summed E-state index contributed by atoms with van der Waals surface area (Å²) in [7, 11) is 0. The van der Waals surface area contributed by atoms with E-state index in [9.17, 15) is 9.59 Å². The number of hydrogen-bond donors (Lipinski definition) is 2. The van der Waals surface area contributed by atoms with E-state index in [0.717, 1.165) is 5.76 Å². The summed E-state index contributed by atoms with van der Waals surface area (Å²) in [5.41, 5.74) is 0.328. The third-order valence-electron chi connectivity index (χ3n) is 2.47. The van der Waals surface area contributed by atoms with E-state index in [1.807, 2.05) is 6.92 Å². The summed E-state index contributed by atoms with van der Waals surface area (Å²) in [6, 6.07) is 6.11. The number of amides is 1. The Balaban J connectivity index is 2.08. The van der Waals surface area contributed by atoms with E-state index in [4.69, 9.17) is 9.52 Å². The molecule has 2 rings (SSSR count). The number of carboxylic acid groups (broad SMARTS) is 1. The van der Waals surface area contributed by atoms with Gasteiger partial charge in [0, 0.05) is 6.42 Å². The van der Waals surface area contributed by atoms with E-state index in [1.54, 1.807) is 12.1 Å². The molecule has 0 aromatic carbocycles. The van der Waals surface area contributed by atoms with Gasteiger partial charge in [-0.05, 0) is 24.3 Å². The van der Waals surface area contributed by atoms with Crippen molar-refractivity contribution < 1.29 is 19.1 Å². The van der Waals surface area contributed by atoms with Gasteiger partial charge in [-0.2, -0.15) is 0 Å². The van der Waals surface area contributed by atoms with Gasteiger partial charge in [0.2, 0.25) is 0 Å². The Labute approximate surface area is 109 Å². The summed E-state index contributed by atoms with van der Waals surface area (Å²) in [5.74, 6) is -0.579. The predicted octanol–water partition coefficient (Wildman–Crippen LogP) is 2.19. The van der Waals surface area contributed by atoms with Gasteiger partial charge in [-0.3, -0.25) is 4.79 Å². The number of aromatic nitrogens is 1. The average molecular weight is 260 g/mol. The van der Waals surface area contributed by atoms with Crippen LogP contribution < -0.4 is 5.32 Å². The molecule has 0 saturated carbocycles. The van der Waals surface area contributed by atoms with Crippen molar-refractivity contribution in [2.24, 2.45) is 0 Å². The van der Waals surface area contributed by atoms with Crippen molar-refractivity contribution in [3.05, 3.63) is 47.7 Å². The minimum absolute atomic E-state index is 0.0794. The monoisotopic (exact) mass is 260 g/mol. The maximum atomic E-state index is 11.8. The normalized spacial score (nSPS) is 10.2. The Bertz CT molecular complexity index is 601. The highest BCUT2D eigenvalue weighted by Gasteiger charge is 2.11. The van der Waals surface area contributed by atoms with E-state index in [1.165, 1.54) is 18.3 Å². The first-order valence-corrected chi connectivity index (χ1v) is 5.69. The van der Waals surface area contributed by atoms with E-state index in [-0.39, 0.29) is 11.5 Å². The molecule has 0 aliphatic rings. The van der Waals surface area contributed by atoms with Crippen molar-refractivity contribution in [3.63, 3.8) is 0 Å². The number of hydrogen-bond acceptors (Lipinski definition) is 4. The van der Waals surface area contributed by atoms with Crippen molar-refractivity contribution in [3.8, 4) is 0 Å².